The Morgan fingerprint density at radius 1 is 0.974 bits per heavy atom. The Hall–Kier alpha value is -3.15. The molecule has 2 aliphatic rings. The van der Waals surface area contributed by atoms with Crippen LogP contribution in [-0.2, 0) is 15.0 Å². The maximum absolute atomic E-state index is 14.3. The minimum atomic E-state index is -0.507. The maximum atomic E-state index is 14.3. The highest BCUT2D eigenvalue weighted by molar-refractivity contribution is 6.42. The second-order valence-corrected chi connectivity index (χ2v) is 12.1. The van der Waals surface area contributed by atoms with E-state index in [1.807, 2.05) is 23.1 Å². The monoisotopic (exact) mass is 564 g/mol. The van der Waals surface area contributed by atoms with Gasteiger partial charge >= 0.3 is 0 Å². The van der Waals surface area contributed by atoms with Gasteiger partial charge in [0.15, 0.2) is 0 Å². The highest BCUT2D eigenvalue weighted by Gasteiger charge is 2.43. The second kappa shape index (κ2) is 10.8. The number of hydrogen-bond donors (Lipinski definition) is 0. The molecule has 1 saturated heterocycles. The molecule has 39 heavy (non-hydrogen) atoms. The summed E-state index contributed by atoms with van der Waals surface area (Å²) in [5.41, 5.74) is 4.33. The van der Waals surface area contributed by atoms with Gasteiger partial charge in [0.25, 0.3) is 0 Å². The smallest absolute Gasteiger partial charge is 0.247 e. The number of likely N-dealkylation sites (tertiary alicyclic amines) is 1. The Morgan fingerprint density at radius 3 is 2.28 bits per heavy atom. The largest absolute Gasteiger partial charge is 0.388 e. The number of oxime groups is 1. The number of benzene rings is 3. The van der Waals surface area contributed by atoms with Gasteiger partial charge < -0.3 is 9.74 Å². The number of piperidine rings is 1. The quantitative estimate of drug-likeness (QED) is 0.301. The van der Waals surface area contributed by atoms with Crippen LogP contribution in [-0.4, -0.2) is 35.2 Å². The molecule has 3 aromatic rings. The van der Waals surface area contributed by atoms with Crippen molar-refractivity contribution in [1.29, 1.82) is 0 Å². The molecular formula is C32H31Cl2FN2O2. The molecule has 2 aliphatic heterocycles. The third-order valence-electron chi connectivity index (χ3n) is 7.57. The second-order valence-electron chi connectivity index (χ2n) is 11.3. The third-order valence-corrected chi connectivity index (χ3v) is 8.31. The van der Waals surface area contributed by atoms with Crippen molar-refractivity contribution >= 4 is 40.4 Å². The summed E-state index contributed by atoms with van der Waals surface area (Å²) in [5.74, 6) is -0.390. The highest BCUT2D eigenvalue weighted by atomic mass is 35.5. The number of carbonyl (C=O) groups excluding carboxylic acids is 1. The van der Waals surface area contributed by atoms with Crippen LogP contribution in [0, 0.1) is 5.82 Å². The predicted octanol–water partition coefficient (Wildman–Crippen LogP) is 8.05. The number of amides is 1. The van der Waals surface area contributed by atoms with Crippen LogP contribution in [0.5, 0.6) is 0 Å². The zero-order valence-electron chi connectivity index (χ0n) is 22.3. The van der Waals surface area contributed by atoms with Gasteiger partial charge in [-0.1, -0.05) is 97.7 Å². The molecule has 3 aromatic carbocycles. The molecule has 0 bridgehead atoms. The standard InChI is InChI=1S/C32H31Cl2FN2O2/c1-31(2,3)23-11-8-21(9-12-23)25(22-10-13-26(33)27(34)18-22)19-30(38)37-16-14-32(15-17-37)20-29(36-39-32)24-6-4-5-7-28(24)35/h4-13,18-19H,14-17,20H2,1-3H3/b25-19-. The van der Waals surface area contributed by atoms with E-state index in [1.165, 1.54) is 11.6 Å². The summed E-state index contributed by atoms with van der Waals surface area (Å²) in [6.45, 7) is 7.55. The van der Waals surface area contributed by atoms with Crippen LogP contribution < -0.4 is 0 Å². The number of carbonyl (C=O) groups is 1. The Bertz CT molecular complexity index is 1450. The van der Waals surface area contributed by atoms with Crippen molar-refractivity contribution in [1.82, 2.24) is 4.90 Å². The van der Waals surface area contributed by atoms with E-state index in [1.54, 1.807) is 36.4 Å². The first-order chi connectivity index (χ1) is 18.5. The molecule has 0 saturated carbocycles. The SMILES string of the molecule is CC(C)(C)c1ccc(/C(=C/C(=O)N2CCC3(CC2)CC(c2ccccc2F)=NO3)c2ccc(Cl)c(Cl)c2)cc1. The van der Waals surface area contributed by atoms with Crippen LogP contribution in [0.2, 0.25) is 10.0 Å². The van der Waals surface area contributed by atoms with Crippen molar-refractivity contribution in [3.05, 3.63) is 111 Å². The molecule has 5 rings (SSSR count). The van der Waals surface area contributed by atoms with E-state index >= 15 is 0 Å². The minimum Gasteiger partial charge on any atom is -0.388 e. The summed E-state index contributed by atoms with van der Waals surface area (Å²) in [6, 6.07) is 20.3. The molecule has 1 amide bonds. The Morgan fingerprint density at radius 2 is 1.64 bits per heavy atom. The Kier molecular flexibility index (Phi) is 7.58. The molecule has 0 radical (unpaired) electrons. The van der Waals surface area contributed by atoms with E-state index in [9.17, 15) is 9.18 Å². The molecule has 0 atom stereocenters. The van der Waals surface area contributed by atoms with Crippen molar-refractivity contribution in [3.8, 4) is 0 Å². The number of halogens is 3. The molecule has 0 aliphatic carbocycles. The van der Waals surface area contributed by atoms with Gasteiger partial charge in [0, 0.05) is 44.0 Å². The molecule has 0 aromatic heterocycles. The van der Waals surface area contributed by atoms with Gasteiger partial charge in [0.2, 0.25) is 5.91 Å². The Labute approximate surface area is 239 Å². The minimum absolute atomic E-state index is 0.0176. The van der Waals surface area contributed by atoms with Gasteiger partial charge in [-0.25, -0.2) is 4.39 Å². The van der Waals surface area contributed by atoms with Gasteiger partial charge in [-0.05, 0) is 45.9 Å². The lowest BCUT2D eigenvalue weighted by Gasteiger charge is -2.37. The molecule has 1 fully saturated rings. The third kappa shape index (κ3) is 5.90. The van der Waals surface area contributed by atoms with Crippen LogP contribution >= 0.6 is 23.2 Å². The van der Waals surface area contributed by atoms with Gasteiger partial charge in [0.05, 0.1) is 15.8 Å². The first-order valence-electron chi connectivity index (χ1n) is 13.1. The normalized spacial score (nSPS) is 17.2. The summed E-state index contributed by atoms with van der Waals surface area (Å²) in [7, 11) is 0. The molecule has 0 N–H and O–H groups in total. The van der Waals surface area contributed by atoms with Gasteiger partial charge in [-0.15, -0.1) is 0 Å². The van der Waals surface area contributed by atoms with E-state index in [0.29, 0.717) is 53.7 Å². The maximum Gasteiger partial charge on any atom is 0.247 e. The molecule has 7 heteroatoms. The number of rotatable bonds is 4. The lowest BCUT2D eigenvalue weighted by Crippen LogP contribution is -2.46. The van der Waals surface area contributed by atoms with Crippen molar-refractivity contribution in [3.63, 3.8) is 0 Å². The fourth-order valence-electron chi connectivity index (χ4n) is 5.13. The van der Waals surface area contributed by atoms with Crippen molar-refractivity contribution < 1.29 is 14.0 Å². The van der Waals surface area contributed by atoms with E-state index in [0.717, 1.165) is 16.7 Å². The molecule has 0 unspecified atom stereocenters. The van der Waals surface area contributed by atoms with Crippen LogP contribution in [0.4, 0.5) is 4.39 Å². The van der Waals surface area contributed by atoms with E-state index in [4.69, 9.17) is 28.0 Å². The molecule has 4 nitrogen and oxygen atoms in total. The fourth-order valence-corrected chi connectivity index (χ4v) is 5.42. The van der Waals surface area contributed by atoms with E-state index < -0.39 is 5.60 Å². The zero-order chi connectivity index (χ0) is 27.8. The van der Waals surface area contributed by atoms with E-state index in [2.05, 4.69) is 38.1 Å². The molecule has 1 spiro atoms. The summed E-state index contributed by atoms with van der Waals surface area (Å²) >= 11 is 12.5. The van der Waals surface area contributed by atoms with Crippen molar-refractivity contribution in [2.24, 2.45) is 5.16 Å². The summed E-state index contributed by atoms with van der Waals surface area (Å²) in [4.78, 5) is 21.2. The summed E-state index contributed by atoms with van der Waals surface area (Å²) < 4.78 is 14.3. The number of hydrogen-bond acceptors (Lipinski definition) is 3. The predicted molar refractivity (Wildman–Crippen MR) is 156 cm³/mol. The first-order valence-corrected chi connectivity index (χ1v) is 13.9. The van der Waals surface area contributed by atoms with Gasteiger partial charge in [-0.3, -0.25) is 4.79 Å². The van der Waals surface area contributed by atoms with Crippen LogP contribution in [0.15, 0.2) is 78.0 Å². The lowest BCUT2D eigenvalue weighted by molar-refractivity contribution is -0.131. The first kappa shape index (κ1) is 27.4. The van der Waals surface area contributed by atoms with E-state index in [-0.39, 0.29) is 17.1 Å². The van der Waals surface area contributed by atoms with Crippen molar-refractivity contribution in [2.75, 3.05) is 13.1 Å². The molecule has 2 heterocycles. The van der Waals surface area contributed by atoms with Crippen LogP contribution in [0.3, 0.4) is 0 Å². The van der Waals surface area contributed by atoms with Gasteiger partial charge in [0.1, 0.15) is 11.4 Å². The Balaban J connectivity index is 1.35. The van der Waals surface area contributed by atoms with Crippen LogP contribution in [0.25, 0.3) is 5.57 Å². The zero-order valence-corrected chi connectivity index (χ0v) is 23.8. The summed E-state index contributed by atoms with van der Waals surface area (Å²) in [5, 5.41) is 5.11. The molecule has 202 valence electrons. The topological polar surface area (TPSA) is 41.9 Å². The fraction of sp³-hybridized carbons (Fsp3) is 0.312. The van der Waals surface area contributed by atoms with Crippen molar-refractivity contribution in [2.45, 2.75) is 51.0 Å². The average molecular weight is 566 g/mol. The van der Waals surface area contributed by atoms with Gasteiger partial charge in [-0.2, -0.15) is 0 Å². The lowest BCUT2D eigenvalue weighted by atomic mass is 9.85. The van der Waals surface area contributed by atoms with Crippen LogP contribution in [0.1, 0.15) is 62.3 Å². The summed E-state index contributed by atoms with van der Waals surface area (Å²) in [6.07, 6.45) is 3.45. The highest BCUT2D eigenvalue weighted by Crippen LogP contribution is 2.37. The molecular weight excluding hydrogens is 534 g/mol. The average Bonchev–Trinajstić information content (AvgIpc) is 3.32. The number of nitrogens with zero attached hydrogens (tertiary/aromatic N) is 2.